The highest BCUT2D eigenvalue weighted by Crippen LogP contribution is 2.37. The summed E-state index contributed by atoms with van der Waals surface area (Å²) in [7, 11) is 0. The summed E-state index contributed by atoms with van der Waals surface area (Å²) < 4.78 is 6.13. The molecule has 0 atom stereocenters. The SMILES string of the molecule is CC(=O)N(c1nnc(SCc2cc(=O)oc3cc(C)c(C)cc23)s1)C1CC1. The molecule has 2 aromatic heterocycles. The number of carbonyl (C=O) groups excluding carboxylic acids is 1. The van der Waals surface area contributed by atoms with E-state index < -0.39 is 0 Å². The first kappa shape index (κ1) is 18.2. The lowest BCUT2D eigenvalue weighted by Crippen LogP contribution is -2.30. The standard InChI is InChI=1S/C19H19N3O3S2/c1-10-6-15-13(8-17(24)25-16(15)7-11(10)2)9-26-19-21-20-18(27-19)22(12(3)23)14-4-5-14/h6-8,14H,4-5,9H2,1-3H3. The van der Waals surface area contributed by atoms with Gasteiger partial charge in [0.2, 0.25) is 11.0 Å². The van der Waals surface area contributed by atoms with Crippen molar-refractivity contribution in [2.75, 3.05) is 4.90 Å². The molecule has 1 fully saturated rings. The number of nitrogens with zero attached hydrogens (tertiary/aromatic N) is 3. The van der Waals surface area contributed by atoms with Gasteiger partial charge in [-0.2, -0.15) is 0 Å². The predicted molar refractivity (Wildman–Crippen MR) is 108 cm³/mol. The zero-order valence-electron chi connectivity index (χ0n) is 15.3. The van der Waals surface area contributed by atoms with Crippen LogP contribution in [0.4, 0.5) is 5.13 Å². The van der Waals surface area contributed by atoms with Crippen LogP contribution in [-0.2, 0) is 10.5 Å². The number of fused-ring (bicyclic) bond motifs is 1. The van der Waals surface area contributed by atoms with Gasteiger partial charge < -0.3 is 4.42 Å². The Labute approximate surface area is 164 Å². The lowest BCUT2D eigenvalue weighted by molar-refractivity contribution is -0.116. The molecule has 2 heterocycles. The molecule has 1 aromatic carbocycles. The minimum Gasteiger partial charge on any atom is -0.423 e. The summed E-state index contributed by atoms with van der Waals surface area (Å²) in [4.78, 5) is 25.5. The van der Waals surface area contributed by atoms with E-state index in [9.17, 15) is 9.59 Å². The van der Waals surface area contributed by atoms with Crippen LogP contribution in [0, 0.1) is 13.8 Å². The van der Waals surface area contributed by atoms with Crippen molar-refractivity contribution in [3.05, 3.63) is 45.3 Å². The van der Waals surface area contributed by atoms with E-state index in [4.69, 9.17) is 4.42 Å². The quantitative estimate of drug-likeness (QED) is 0.364. The van der Waals surface area contributed by atoms with Gasteiger partial charge in [0.05, 0.1) is 0 Å². The van der Waals surface area contributed by atoms with Crippen molar-refractivity contribution in [3.63, 3.8) is 0 Å². The molecule has 140 valence electrons. The molecule has 0 bridgehead atoms. The molecule has 0 N–H and O–H groups in total. The summed E-state index contributed by atoms with van der Waals surface area (Å²) in [5, 5.41) is 10.00. The molecule has 1 saturated carbocycles. The molecule has 8 heteroatoms. The van der Waals surface area contributed by atoms with Crippen LogP contribution < -0.4 is 10.5 Å². The van der Waals surface area contributed by atoms with E-state index in [0.29, 0.717) is 16.5 Å². The van der Waals surface area contributed by atoms with Crippen LogP contribution in [0.2, 0.25) is 0 Å². The Hall–Kier alpha value is -2.19. The van der Waals surface area contributed by atoms with Gasteiger partial charge in [-0.3, -0.25) is 9.69 Å². The summed E-state index contributed by atoms with van der Waals surface area (Å²) in [5.41, 5.74) is 3.42. The van der Waals surface area contributed by atoms with Gasteiger partial charge in [0.25, 0.3) is 0 Å². The first-order valence-electron chi connectivity index (χ1n) is 8.72. The van der Waals surface area contributed by atoms with Gasteiger partial charge in [-0.15, -0.1) is 10.2 Å². The van der Waals surface area contributed by atoms with E-state index in [0.717, 1.165) is 39.3 Å². The second-order valence-corrected chi connectivity index (χ2v) is 8.96. The monoisotopic (exact) mass is 401 g/mol. The Morgan fingerprint density at radius 2 is 2.00 bits per heavy atom. The van der Waals surface area contributed by atoms with Crippen LogP contribution >= 0.6 is 23.1 Å². The maximum Gasteiger partial charge on any atom is 0.336 e. The molecular weight excluding hydrogens is 382 g/mol. The van der Waals surface area contributed by atoms with Crippen molar-refractivity contribution in [2.45, 2.75) is 49.7 Å². The molecule has 1 aliphatic carbocycles. The number of aromatic nitrogens is 2. The Balaban J connectivity index is 1.58. The lowest BCUT2D eigenvalue weighted by atomic mass is 10.0. The van der Waals surface area contributed by atoms with Crippen molar-refractivity contribution in [2.24, 2.45) is 0 Å². The summed E-state index contributed by atoms with van der Waals surface area (Å²) in [5.74, 6) is 0.589. The van der Waals surface area contributed by atoms with Gasteiger partial charge >= 0.3 is 5.63 Å². The van der Waals surface area contributed by atoms with E-state index >= 15 is 0 Å². The van der Waals surface area contributed by atoms with Crippen molar-refractivity contribution in [1.82, 2.24) is 10.2 Å². The Bertz CT molecular complexity index is 1090. The van der Waals surface area contributed by atoms with Gasteiger partial charge in [0, 0.05) is 30.2 Å². The fourth-order valence-electron chi connectivity index (χ4n) is 2.98. The summed E-state index contributed by atoms with van der Waals surface area (Å²) >= 11 is 2.93. The van der Waals surface area contributed by atoms with Crippen molar-refractivity contribution < 1.29 is 9.21 Å². The molecular formula is C19H19N3O3S2. The number of carbonyl (C=O) groups is 1. The molecule has 0 aliphatic heterocycles. The van der Waals surface area contributed by atoms with E-state index in [1.54, 1.807) is 11.8 Å². The topological polar surface area (TPSA) is 76.3 Å². The highest BCUT2D eigenvalue weighted by Gasteiger charge is 2.34. The minimum absolute atomic E-state index is 0.00251. The fraction of sp³-hybridized carbons (Fsp3) is 0.368. The third-order valence-corrected chi connectivity index (χ3v) is 6.75. The average Bonchev–Trinajstić information content (AvgIpc) is 3.32. The Kier molecular flexibility index (Phi) is 4.77. The van der Waals surface area contributed by atoms with Gasteiger partial charge in [-0.25, -0.2) is 4.79 Å². The number of thioether (sulfide) groups is 1. The number of anilines is 1. The smallest absolute Gasteiger partial charge is 0.336 e. The number of benzene rings is 1. The van der Waals surface area contributed by atoms with E-state index in [2.05, 4.69) is 16.3 Å². The van der Waals surface area contributed by atoms with Crippen molar-refractivity contribution >= 4 is 45.1 Å². The van der Waals surface area contributed by atoms with Crippen LogP contribution in [0.5, 0.6) is 0 Å². The van der Waals surface area contributed by atoms with Crippen LogP contribution in [0.3, 0.4) is 0 Å². The second-order valence-electron chi connectivity index (χ2n) is 6.78. The molecule has 1 amide bonds. The molecule has 4 rings (SSSR count). The molecule has 1 aliphatic rings. The maximum atomic E-state index is 11.9. The highest BCUT2D eigenvalue weighted by atomic mass is 32.2. The number of amides is 1. The molecule has 3 aromatic rings. The predicted octanol–water partition coefficient (Wildman–Crippen LogP) is 4.07. The van der Waals surface area contributed by atoms with Crippen LogP contribution in [0.15, 0.2) is 31.8 Å². The number of hydrogen-bond donors (Lipinski definition) is 0. The van der Waals surface area contributed by atoms with Crippen LogP contribution in [-0.4, -0.2) is 22.1 Å². The molecule has 6 nitrogen and oxygen atoms in total. The van der Waals surface area contributed by atoms with E-state index in [-0.39, 0.29) is 17.6 Å². The van der Waals surface area contributed by atoms with Gasteiger partial charge in [0.15, 0.2) is 4.34 Å². The third-order valence-electron chi connectivity index (χ3n) is 4.65. The van der Waals surface area contributed by atoms with Crippen molar-refractivity contribution in [3.8, 4) is 0 Å². The van der Waals surface area contributed by atoms with Gasteiger partial charge in [-0.1, -0.05) is 23.1 Å². The Morgan fingerprint density at radius 3 is 2.70 bits per heavy atom. The minimum atomic E-state index is -0.351. The maximum absolute atomic E-state index is 11.9. The van der Waals surface area contributed by atoms with E-state index in [1.165, 1.54) is 29.2 Å². The summed E-state index contributed by atoms with van der Waals surface area (Å²) in [6, 6.07) is 5.77. The highest BCUT2D eigenvalue weighted by molar-refractivity contribution is 8.00. The Morgan fingerprint density at radius 1 is 1.26 bits per heavy atom. The third kappa shape index (κ3) is 3.77. The van der Waals surface area contributed by atoms with Gasteiger partial charge in [0.1, 0.15) is 5.58 Å². The second kappa shape index (κ2) is 7.09. The molecule has 0 saturated heterocycles. The zero-order valence-corrected chi connectivity index (χ0v) is 16.9. The number of rotatable bonds is 5. The van der Waals surface area contributed by atoms with Crippen LogP contribution in [0.25, 0.3) is 11.0 Å². The van der Waals surface area contributed by atoms with Crippen LogP contribution in [0.1, 0.15) is 36.5 Å². The lowest BCUT2D eigenvalue weighted by Gasteiger charge is -2.15. The van der Waals surface area contributed by atoms with Crippen molar-refractivity contribution in [1.29, 1.82) is 0 Å². The normalized spacial score (nSPS) is 13.9. The zero-order chi connectivity index (χ0) is 19.1. The largest absolute Gasteiger partial charge is 0.423 e. The average molecular weight is 402 g/mol. The molecule has 27 heavy (non-hydrogen) atoms. The molecule has 0 radical (unpaired) electrons. The summed E-state index contributed by atoms with van der Waals surface area (Å²) in [6.45, 7) is 5.61. The first-order valence-corrected chi connectivity index (χ1v) is 10.5. The fourth-order valence-corrected chi connectivity index (χ4v) is 4.93. The van der Waals surface area contributed by atoms with E-state index in [1.807, 2.05) is 19.9 Å². The van der Waals surface area contributed by atoms with Gasteiger partial charge in [-0.05, 0) is 55.5 Å². The molecule has 0 unspecified atom stereocenters. The first-order chi connectivity index (χ1) is 12.9. The number of hydrogen-bond acceptors (Lipinski definition) is 7. The molecule has 0 spiro atoms. The number of aryl methyl sites for hydroxylation is 2. The summed E-state index contributed by atoms with van der Waals surface area (Å²) in [6.07, 6.45) is 2.04.